The number of hydrogen-bond acceptors (Lipinski definition) is 2. The topological polar surface area (TPSA) is 26.3 Å². The van der Waals surface area contributed by atoms with E-state index in [0.29, 0.717) is 11.1 Å². The van der Waals surface area contributed by atoms with Gasteiger partial charge < -0.3 is 0 Å². The third-order valence-electron chi connectivity index (χ3n) is 2.05. The van der Waals surface area contributed by atoms with Crippen LogP contribution in [0.25, 0.3) is 0 Å². The number of esters is 1. The van der Waals surface area contributed by atoms with E-state index in [4.69, 9.17) is 24.9 Å². The summed E-state index contributed by atoms with van der Waals surface area (Å²) in [6, 6.07) is 9.25. The number of allylic oxidation sites excluding steroid dienone is 1. The van der Waals surface area contributed by atoms with Gasteiger partial charge in [-0.15, -0.1) is 0 Å². The second-order valence-electron chi connectivity index (χ2n) is 3.16. The summed E-state index contributed by atoms with van der Waals surface area (Å²) in [6.07, 6.45) is 1.64. The molecule has 1 rings (SSSR count). The minimum absolute atomic E-state index is 0.312. The van der Waals surface area contributed by atoms with Crippen LogP contribution in [0, 0.1) is 0 Å². The Hall–Kier alpha value is -0.471. The van der Waals surface area contributed by atoms with Crippen molar-refractivity contribution in [3.63, 3.8) is 0 Å². The van der Waals surface area contributed by atoms with Gasteiger partial charge in [-0.25, -0.2) is 0 Å². The summed E-state index contributed by atoms with van der Waals surface area (Å²) in [5, 5.41) is 0. The summed E-state index contributed by atoms with van der Waals surface area (Å²) < 4.78 is 6.15. The van der Waals surface area contributed by atoms with Crippen LogP contribution in [-0.2, 0) is 9.53 Å². The zero-order chi connectivity index (χ0) is 12.9. The first-order valence-corrected chi connectivity index (χ1v) is 11.4. The average Bonchev–Trinajstić information content (AvgIpc) is 2.31. The van der Waals surface area contributed by atoms with Crippen LogP contribution < -0.4 is 4.46 Å². The molecule has 5 heteroatoms. The molecule has 0 bridgehead atoms. The predicted molar refractivity (Wildman–Crippen MR) is 73.9 cm³/mol. The van der Waals surface area contributed by atoms with Gasteiger partial charge in [0.05, 0.1) is 0 Å². The van der Waals surface area contributed by atoms with E-state index in [9.17, 15) is 4.79 Å². The zero-order valence-corrected chi connectivity index (χ0v) is 12.9. The van der Waals surface area contributed by atoms with E-state index in [1.807, 2.05) is 30.3 Å². The van der Waals surface area contributed by atoms with E-state index >= 15 is 0 Å². The summed E-state index contributed by atoms with van der Waals surface area (Å²) in [5.41, 5.74) is 0. The molecule has 1 aromatic rings. The third kappa shape index (κ3) is 3.49. The average molecular weight is 340 g/mol. The first-order valence-electron chi connectivity index (χ1n) is 5.15. The van der Waals surface area contributed by atoms with Crippen LogP contribution in [0.4, 0.5) is 0 Å². The van der Waals surface area contributed by atoms with Crippen molar-refractivity contribution in [3.05, 3.63) is 40.9 Å². The standard InChI is InChI=1S/C12H14Cl2O2Se/c1-3-11(12(15)16-4-2)17(13,14)10-8-6-5-7-9-10/h3,5-9H,4H2,1-2H3/b11-3-. The molecule has 0 spiro atoms. The van der Waals surface area contributed by atoms with Crippen molar-refractivity contribution in [2.75, 3.05) is 6.61 Å². The van der Waals surface area contributed by atoms with Gasteiger partial charge in [0.1, 0.15) is 0 Å². The first kappa shape index (κ1) is 14.6. The number of hydrogen-bond donors (Lipinski definition) is 0. The second kappa shape index (κ2) is 6.46. The molecule has 0 aromatic heterocycles. The molecular weight excluding hydrogens is 326 g/mol. The minimum atomic E-state index is -3.18. The van der Waals surface area contributed by atoms with Crippen molar-refractivity contribution in [2.45, 2.75) is 13.8 Å². The van der Waals surface area contributed by atoms with E-state index in [0.717, 1.165) is 4.46 Å². The molecule has 0 atom stereocenters. The van der Waals surface area contributed by atoms with Gasteiger partial charge in [-0.2, -0.15) is 0 Å². The Kier molecular flexibility index (Phi) is 5.54. The molecule has 0 fully saturated rings. The number of ether oxygens (including phenoxy) is 1. The van der Waals surface area contributed by atoms with Gasteiger partial charge in [0.2, 0.25) is 0 Å². The molecule has 0 unspecified atom stereocenters. The van der Waals surface area contributed by atoms with Crippen LogP contribution in [-0.4, -0.2) is 23.6 Å². The fourth-order valence-electron chi connectivity index (χ4n) is 1.29. The van der Waals surface area contributed by atoms with Gasteiger partial charge in [-0.1, -0.05) is 0 Å². The Bertz CT molecular complexity index is 416. The molecule has 0 saturated heterocycles. The molecule has 0 radical (unpaired) electrons. The molecule has 0 aliphatic heterocycles. The molecule has 94 valence electrons. The quantitative estimate of drug-likeness (QED) is 0.479. The van der Waals surface area contributed by atoms with Crippen molar-refractivity contribution in [3.8, 4) is 0 Å². The molecule has 0 N–H and O–H groups in total. The Morgan fingerprint density at radius 2 is 1.94 bits per heavy atom. The Balaban J connectivity index is 3.08. The molecule has 2 nitrogen and oxygen atoms in total. The van der Waals surface area contributed by atoms with E-state index in [1.165, 1.54) is 0 Å². The first-order chi connectivity index (χ1) is 8.04. The molecule has 17 heavy (non-hydrogen) atoms. The van der Waals surface area contributed by atoms with Crippen molar-refractivity contribution in [1.29, 1.82) is 0 Å². The van der Waals surface area contributed by atoms with E-state index < -0.39 is 17.0 Å². The van der Waals surface area contributed by atoms with Crippen molar-refractivity contribution < 1.29 is 9.53 Å². The van der Waals surface area contributed by atoms with E-state index in [1.54, 1.807) is 19.9 Å². The van der Waals surface area contributed by atoms with Crippen LogP contribution in [0.2, 0.25) is 0 Å². The number of rotatable bonds is 4. The van der Waals surface area contributed by atoms with Crippen LogP contribution in [0.5, 0.6) is 0 Å². The maximum absolute atomic E-state index is 11.8. The van der Waals surface area contributed by atoms with E-state index in [2.05, 4.69) is 0 Å². The predicted octanol–water partition coefficient (Wildman–Crippen LogP) is 2.86. The Morgan fingerprint density at radius 1 is 1.35 bits per heavy atom. The summed E-state index contributed by atoms with van der Waals surface area (Å²) in [5.74, 6) is -0.427. The van der Waals surface area contributed by atoms with Crippen molar-refractivity contribution in [1.82, 2.24) is 0 Å². The maximum atomic E-state index is 11.8. The summed E-state index contributed by atoms with van der Waals surface area (Å²) >= 11 is -3.18. The van der Waals surface area contributed by atoms with Gasteiger partial charge in [0, 0.05) is 0 Å². The molecule has 0 aliphatic rings. The molecule has 0 saturated carbocycles. The normalized spacial score (nSPS) is 13.3. The van der Waals surface area contributed by atoms with Crippen molar-refractivity contribution in [2.24, 2.45) is 0 Å². The molecule has 0 aliphatic carbocycles. The zero-order valence-electron chi connectivity index (χ0n) is 9.65. The molecule has 0 amide bonds. The number of carbonyl (C=O) groups excluding carboxylic acids is 1. The van der Waals surface area contributed by atoms with E-state index in [-0.39, 0.29) is 0 Å². The number of carbonyl (C=O) groups is 1. The number of benzene rings is 1. The fourth-order valence-corrected chi connectivity index (χ4v) is 6.70. The van der Waals surface area contributed by atoms with Crippen LogP contribution in [0.1, 0.15) is 13.8 Å². The van der Waals surface area contributed by atoms with Gasteiger partial charge in [-0.3, -0.25) is 0 Å². The second-order valence-corrected chi connectivity index (χ2v) is 12.7. The van der Waals surface area contributed by atoms with Gasteiger partial charge in [-0.05, 0) is 0 Å². The van der Waals surface area contributed by atoms with Gasteiger partial charge in [0.25, 0.3) is 0 Å². The summed E-state index contributed by atoms with van der Waals surface area (Å²) in [6.45, 7) is 3.80. The van der Waals surface area contributed by atoms with Gasteiger partial charge in [0.15, 0.2) is 0 Å². The molecular formula is C12H14Cl2O2Se. The fraction of sp³-hybridized carbons (Fsp3) is 0.250. The van der Waals surface area contributed by atoms with Crippen LogP contribution in [0.3, 0.4) is 0 Å². The summed E-state index contributed by atoms with van der Waals surface area (Å²) in [7, 11) is 12.8. The number of halogens is 2. The van der Waals surface area contributed by atoms with Crippen molar-refractivity contribution >= 4 is 41.6 Å². The molecule has 1 aromatic carbocycles. The Morgan fingerprint density at radius 3 is 2.41 bits per heavy atom. The van der Waals surface area contributed by atoms with Crippen LogP contribution >= 0.6 is 20.2 Å². The van der Waals surface area contributed by atoms with Crippen LogP contribution in [0.15, 0.2) is 40.9 Å². The third-order valence-corrected chi connectivity index (χ3v) is 9.45. The monoisotopic (exact) mass is 340 g/mol. The van der Waals surface area contributed by atoms with Gasteiger partial charge >= 0.3 is 113 Å². The summed E-state index contributed by atoms with van der Waals surface area (Å²) in [4.78, 5) is 11.8. The SMILES string of the molecule is C/C=C(/C(=O)OCC)[Se](Cl)(Cl)c1ccccc1. The Labute approximate surface area is 112 Å². The molecule has 0 heterocycles.